The Labute approximate surface area is 209 Å². The average Bonchev–Trinajstić information content (AvgIpc) is 2.86. The van der Waals surface area contributed by atoms with Crippen LogP contribution in [0.1, 0.15) is 35.6 Å². The molecule has 0 fully saturated rings. The SMILES string of the molecule is [CH2]C(c1ccccc1)c1ccccc1[C@@H](C)N(c1cc(F)ccc1F)S(=O)(=O)c1ccc(Cl)cc1. The van der Waals surface area contributed by atoms with Crippen LogP contribution in [-0.2, 0) is 10.0 Å². The van der Waals surface area contributed by atoms with Gasteiger partial charge < -0.3 is 0 Å². The minimum atomic E-state index is -4.32. The number of benzene rings is 4. The predicted molar refractivity (Wildman–Crippen MR) is 136 cm³/mol. The molecule has 3 nitrogen and oxygen atoms in total. The summed E-state index contributed by atoms with van der Waals surface area (Å²) in [6, 6.07) is 24.3. The van der Waals surface area contributed by atoms with Crippen LogP contribution in [0.3, 0.4) is 0 Å². The highest BCUT2D eigenvalue weighted by Crippen LogP contribution is 2.39. The van der Waals surface area contributed by atoms with Crippen LogP contribution in [0.5, 0.6) is 0 Å². The number of nitrogens with zero attached hydrogens (tertiary/aromatic N) is 1. The molecule has 0 saturated heterocycles. The average molecular weight is 511 g/mol. The van der Waals surface area contributed by atoms with Crippen molar-refractivity contribution in [2.24, 2.45) is 0 Å². The summed E-state index contributed by atoms with van der Waals surface area (Å²) in [6.45, 7) is 5.95. The summed E-state index contributed by atoms with van der Waals surface area (Å²) in [6.07, 6.45) is 0. The Morgan fingerprint density at radius 1 is 0.829 bits per heavy atom. The predicted octanol–water partition coefficient (Wildman–Crippen LogP) is 7.54. The first-order valence-corrected chi connectivity index (χ1v) is 12.7. The minimum Gasteiger partial charge on any atom is -0.256 e. The van der Waals surface area contributed by atoms with Gasteiger partial charge in [0.2, 0.25) is 0 Å². The summed E-state index contributed by atoms with van der Waals surface area (Å²) >= 11 is 5.95. The molecule has 7 heteroatoms. The van der Waals surface area contributed by atoms with Gasteiger partial charge in [0.1, 0.15) is 11.6 Å². The van der Waals surface area contributed by atoms with E-state index in [9.17, 15) is 12.8 Å². The van der Waals surface area contributed by atoms with E-state index in [2.05, 4.69) is 6.92 Å². The summed E-state index contributed by atoms with van der Waals surface area (Å²) in [7, 11) is -4.32. The van der Waals surface area contributed by atoms with Crippen LogP contribution < -0.4 is 4.31 Å². The molecule has 0 amide bonds. The summed E-state index contributed by atoms with van der Waals surface area (Å²) in [5, 5.41) is 0.355. The van der Waals surface area contributed by atoms with Gasteiger partial charge in [0, 0.05) is 17.0 Å². The molecule has 4 aromatic rings. The third kappa shape index (κ3) is 5.09. The number of hydrogen-bond acceptors (Lipinski definition) is 2. The molecule has 4 aromatic carbocycles. The molecule has 0 heterocycles. The van der Waals surface area contributed by atoms with Crippen molar-refractivity contribution in [3.63, 3.8) is 0 Å². The molecule has 0 N–H and O–H groups in total. The van der Waals surface area contributed by atoms with Crippen LogP contribution in [0.2, 0.25) is 5.02 Å². The standard InChI is InChI=1S/C28H23ClF2NO2S/c1-19(21-8-4-3-5-9-21)25-10-6-7-11-26(25)20(2)32(28-18-23(30)14-17-27(28)31)35(33,34)24-15-12-22(29)13-16-24/h3-20H,1H2,2H3/t19?,20-/m1/s1. The van der Waals surface area contributed by atoms with Crippen LogP contribution in [-0.4, -0.2) is 8.42 Å². The van der Waals surface area contributed by atoms with E-state index in [1.165, 1.54) is 24.3 Å². The highest BCUT2D eigenvalue weighted by molar-refractivity contribution is 7.92. The van der Waals surface area contributed by atoms with Crippen molar-refractivity contribution in [2.75, 3.05) is 4.31 Å². The Morgan fingerprint density at radius 3 is 2.09 bits per heavy atom. The van der Waals surface area contributed by atoms with Gasteiger partial charge in [-0.25, -0.2) is 17.2 Å². The second-order valence-electron chi connectivity index (χ2n) is 8.12. The third-order valence-corrected chi connectivity index (χ3v) is 8.04. The molecule has 0 aliphatic carbocycles. The molecule has 0 aliphatic rings. The lowest BCUT2D eigenvalue weighted by Gasteiger charge is -2.33. The van der Waals surface area contributed by atoms with Gasteiger partial charge in [-0.15, -0.1) is 0 Å². The molecule has 0 spiro atoms. The molecule has 0 bridgehead atoms. The lowest BCUT2D eigenvalue weighted by atomic mass is 9.87. The molecular formula is C28H23ClF2NO2S. The Kier molecular flexibility index (Phi) is 7.24. The topological polar surface area (TPSA) is 37.4 Å². The molecule has 179 valence electrons. The van der Waals surface area contributed by atoms with Gasteiger partial charge in [-0.3, -0.25) is 4.31 Å². The monoisotopic (exact) mass is 510 g/mol. The Balaban J connectivity index is 1.90. The molecular weight excluding hydrogens is 488 g/mol. The zero-order valence-electron chi connectivity index (χ0n) is 18.9. The second kappa shape index (κ2) is 10.2. The van der Waals surface area contributed by atoms with Gasteiger partial charge in [0.05, 0.1) is 16.6 Å². The van der Waals surface area contributed by atoms with E-state index in [-0.39, 0.29) is 16.5 Å². The highest BCUT2D eigenvalue weighted by Gasteiger charge is 2.34. The van der Waals surface area contributed by atoms with E-state index in [0.717, 1.165) is 33.6 Å². The number of rotatable bonds is 7. The smallest absolute Gasteiger partial charge is 0.256 e. The lowest BCUT2D eigenvalue weighted by molar-refractivity contribution is 0.569. The van der Waals surface area contributed by atoms with Gasteiger partial charge in [0.15, 0.2) is 0 Å². The summed E-state index contributed by atoms with van der Waals surface area (Å²) in [5.74, 6) is -1.92. The third-order valence-electron chi connectivity index (χ3n) is 5.89. The molecule has 35 heavy (non-hydrogen) atoms. The van der Waals surface area contributed by atoms with E-state index in [4.69, 9.17) is 11.6 Å². The van der Waals surface area contributed by atoms with Crippen molar-refractivity contribution in [3.05, 3.63) is 137 Å². The highest BCUT2D eigenvalue weighted by atomic mass is 35.5. The number of halogens is 3. The summed E-state index contributed by atoms with van der Waals surface area (Å²) < 4.78 is 57.9. The molecule has 1 radical (unpaired) electrons. The van der Waals surface area contributed by atoms with Crippen LogP contribution in [0, 0.1) is 18.6 Å². The fourth-order valence-corrected chi connectivity index (χ4v) is 5.88. The first kappa shape index (κ1) is 24.9. The molecule has 1 unspecified atom stereocenters. The lowest BCUT2D eigenvalue weighted by Crippen LogP contribution is -2.35. The number of sulfonamides is 1. The zero-order valence-corrected chi connectivity index (χ0v) is 20.5. The maximum atomic E-state index is 15.0. The van der Waals surface area contributed by atoms with Crippen molar-refractivity contribution in [3.8, 4) is 0 Å². The molecule has 4 rings (SSSR count). The van der Waals surface area contributed by atoms with Crippen LogP contribution in [0.4, 0.5) is 14.5 Å². The van der Waals surface area contributed by atoms with Gasteiger partial charge in [-0.2, -0.15) is 0 Å². The molecule has 0 aromatic heterocycles. The maximum absolute atomic E-state index is 15.0. The molecule has 2 atom stereocenters. The summed E-state index contributed by atoms with van der Waals surface area (Å²) in [4.78, 5) is -0.0934. The van der Waals surface area contributed by atoms with Gasteiger partial charge in [-0.1, -0.05) is 66.2 Å². The second-order valence-corrected chi connectivity index (χ2v) is 10.4. The van der Waals surface area contributed by atoms with E-state index in [1.807, 2.05) is 42.5 Å². The fraction of sp³-hybridized carbons (Fsp3) is 0.107. The fourth-order valence-electron chi connectivity index (χ4n) is 4.12. The van der Waals surface area contributed by atoms with Crippen molar-refractivity contribution in [1.82, 2.24) is 0 Å². The Morgan fingerprint density at radius 2 is 1.43 bits per heavy atom. The quantitative estimate of drug-likeness (QED) is 0.257. The van der Waals surface area contributed by atoms with E-state index >= 15 is 4.39 Å². The largest absolute Gasteiger partial charge is 0.264 e. The number of anilines is 1. The normalized spacial score (nSPS) is 13.3. The van der Waals surface area contributed by atoms with Crippen molar-refractivity contribution in [1.29, 1.82) is 0 Å². The van der Waals surface area contributed by atoms with E-state index in [1.54, 1.807) is 19.1 Å². The zero-order chi connectivity index (χ0) is 25.2. The first-order chi connectivity index (χ1) is 16.7. The maximum Gasteiger partial charge on any atom is 0.264 e. The Hall–Kier alpha value is -3.22. The van der Waals surface area contributed by atoms with Gasteiger partial charge >= 0.3 is 0 Å². The van der Waals surface area contributed by atoms with E-state index in [0.29, 0.717) is 10.6 Å². The van der Waals surface area contributed by atoms with Crippen molar-refractivity contribution >= 4 is 27.3 Å². The number of hydrogen-bond donors (Lipinski definition) is 0. The van der Waals surface area contributed by atoms with Crippen LogP contribution in [0.25, 0.3) is 0 Å². The van der Waals surface area contributed by atoms with E-state index < -0.39 is 27.7 Å². The van der Waals surface area contributed by atoms with Crippen LogP contribution >= 0.6 is 11.6 Å². The first-order valence-electron chi connectivity index (χ1n) is 10.9. The van der Waals surface area contributed by atoms with Gasteiger partial charge in [-0.05, 0) is 66.9 Å². The summed E-state index contributed by atoms with van der Waals surface area (Å²) in [5.41, 5.74) is 1.95. The Bertz CT molecular complexity index is 1430. The molecule has 0 aliphatic heterocycles. The van der Waals surface area contributed by atoms with Gasteiger partial charge in [0.25, 0.3) is 10.0 Å². The van der Waals surface area contributed by atoms with Crippen LogP contribution in [0.15, 0.2) is 102 Å². The minimum absolute atomic E-state index is 0.0934. The van der Waals surface area contributed by atoms with Crippen molar-refractivity contribution in [2.45, 2.75) is 23.8 Å². The molecule has 0 saturated carbocycles. The van der Waals surface area contributed by atoms with Crippen molar-refractivity contribution < 1.29 is 17.2 Å².